The van der Waals surface area contributed by atoms with E-state index in [-0.39, 0.29) is 5.92 Å². The third kappa shape index (κ3) is 3.05. The smallest absolute Gasteiger partial charge is 0.227 e. The Labute approximate surface area is 109 Å². The minimum atomic E-state index is 0.196. The van der Waals surface area contributed by atoms with Crippen LogP contribution < -0.4 is 0 Å². The summed E-state index contributed by atoms with van der Waals surface area (Å²) in [6, 6.07) is 5.57. The van der Waals surface area contributed by atoms with Gasteiger partial charge in [0.2, 0.25) is 11.7 Å². The molecule has 0 radical (unpaired) electrons. The van der Waals surface area contributed by atoms with Crippen LogP contribution in [0.25, 0.3) is 11.5 Å². The minimum Gasteiger partial charge on any atom is -0.339 e. The molecule has 0 saturated heterocycles. The highest BCUT2D eigenvalue weighted by Gasteiger charge is 2.12. The molecule has 0 amide bonds. The van der Waals surface area contributed by atoms with Crippen molar-refractivity contribution in [2.75, 3.05) is 0 Å². The second-order valence-electron chi connectivity index (χ2n) is 4.04. The van der Waals surface area contributed by atoms with Crippen LogP contribution in [0.4, 0.5) is 0 Å². The van der Waals surface area contributed by atoms with Crippen LogP contribution in [0.5, 0.6) is 0 Å². The number of pyridine rings is 1. The summed E-state index contributed by atoms with van der Waals surface area (Å²) >= 11 is 5.75. The molecule has 2 rings (SSSR count). The van der Waals surface area contributed by atoms with E-state index in [0.29, 0.717) is 35.3 Å². The fourth-order valence-corrected chi connectivity index (χ4v) is 1.59. The first-order valence-electron chi connectivity index (χ1n) is 5.50. The Balaban J connectivity index is 2.11. The summed E-state index contributed by atoms with van der Waals surface area (Å²) in [7, 11) is 0. The van der Waals surface area contributed by atoms with E-state index in [1.54, 1.807) is 12.1 Å². The molecule has 0 aliphatic heterocycles. The van der Waals surface area contributed by atoms with Gasteiger partial charge in [-0.3, -0.25) is 4.98 Å². The van der Waals surface area contributed by atoms with Crippen LogP contribution in [-0.4, -0.2) is 15.1 Å². The molecule has 1 atom stereocenters. The van der Waals surface area contributed by atoms with Crippen LogP contribution in [0.1, 0.15) is 19.2 Å². The quantitative estimate of drug-likeness (QED) is 0.847. The number of hydrogen-bond acceptors (Lipinski definition) is 5. The molecule has 0 aliphatic carbocycles. The molecule has 2 aromatic rings. The maximum atomic E-state index is 8.58. The molecule has 0 N–H and O–H groups in total. The second kappa shape index (κ2) is 5.61. The Morgan fingerprint density at radius 1 is 1.50 bits per heavy atom. The van der Waals surface area contributed by atoms with Crippen molar-refractivity contribution in [2.45, 2.75) is 19.8 Å². The van der Waals surface area contributed by atoms with Gasteiger partial charge in [0.25, 0.3) is 0 Å². The SMILES string of the molecule is CC(CC#N)Cc1nc(-c2ccc(Cl)cn2)no1. The number of rotatable bonds is 4. The lowest BCUT2D eigenvalue weighted by Crippen LogP contribution is -1.98. The topological polar surface area (TPSA) is 75.6 Å². The molecule has 2 aromatic heterocycles. The van der Waals surface area contributed by atoms with Gasteiger partial charge in [0, 0.05) is 19.0 Å². The van der Waals surface area contributed by atoms with Gasteiger partial charge in [0.15, 0.2) is 0 Å². The van der Waals surface area contributed by atoms with Gasteiger partial charge in [-0.15, -0.1) is 0 Å². The fraction of sp³-hybridized carbons (Fsp3) is 0.333. The van der Waals surface area contributed by atoms with E-state index in [0.717, 1.165) is 0 Å². The predicted octanol–water partition coefficient (Wildman–Crippen LogP) is 2.88. The normalized spacial score (nSPS) is 12.1. The summed E-state index contributed by atoms with van der Waals surface area (Å²) in [5.41, 5.74) is 0.613. The molecular weight excluding hydrogens is 252 g/mol. The zero-order valence-corrected chi connectivity index (χ0v) is 10.6. The maximum Gasteiger partial charge on any atom is 0.227 e. The van der Waals surface area contributed by atoms with Crippen molar-refractivity contribution in [3.05, 3.63) is 29.2 Å². The van der Waals surface area contributed by atoms with Crippen LogP contribution in [0.15, 0.2) is 22.9 Å². The Kier molecular flexibility index (Phi) is 3.90. The van der Waals surface area contributed by atoms with Crippen LogP contribution in [0.3, 0.4) is 0 Å². The summed E-state index contributed by atoms with van der Waals surface area (Å²) in [5.74, 6) is 1.15. The molecule has 0 fully saturated rings. The van der Waals surface area contributed by atoms with Gasteiger partial charge in [-0.25, -0.2) is 0 Å². The highest BCUT2D eigenvalue weighted by molar-refractivity contribution is 6.30. The van der Waals surface area contributed by atoms with Crippen molar-refractivity contribution < 1.29 is 4.52 Å². The highest BCUT2D eigenvalue weighted by atomic mass is 35.5. The number of halogens is 1. The summed E-state index contributed by atoms with van der Waals surface area (Å²) in [6.07, 6.45) is 2.59. The Morgan fingerprint density at radius 2 is 2.33 bits per heavy atom. The molecule has 0 bridgehead atoms. The lowest BCUT2D eigenvalue weighted by molar-refractivity contribution is 0.359. The molecule has 6 heteroatoms. The van der Waals surface area contributed by atoms with E-state index < -0.39 is 0 Å². The molecule has 92 valence electrons. The van der Waals surface area contributed by atoms with Crippen molar-refractivity contribution in [3.8, 4) is 17.6 Å². The largest absolute Gasteiger partial charge is 0.339 e. The first-order chi connectivity index (χ1) is 8.69. The van der Waals surface area contributed by atoms with Crippen LogP contribution >= 0.6 is 11.6 Å². The minimum absolute atomic E-state index is 0.196. The lowest BCUT2D eigenvalue weighted by Gasteiger charge is -2.00. The fourth-order valence-electron chi connectivity index (χ4n) is 1.48. The van der Waals surface area contributed by atoms with Gasteiger partial charge < -0.3 is 4.52 Å². The standard InChI is InChI=1S/C12H11ClN4O/c1-8(4-5-14)6-11-16-12(17-18-11)10-3-2-9(13)7-15-10/h2-3,7-8H,4,6H2,1H3. The summed E-state index contributed by atoms with van der Waals surface area (Å²) in [6.45, 7) is 1.97. The molecule has 0 aliphatic rings. The van der Waals surface area contributed by atoms with Gasteiger partial charge in [-0.1, -0.05) is 23.7 Å². The molecule has 2 heterocycles. The zero-order valence-electron chi connectivity index (χ0n) is 9.80. The molecular formula is C12H11ClN4O. The van der Waals surface area contributed by atoms with E-state index in [9.17, 15) is 0 Å². The van der Waals surface area contributed by atoms with Gasteiger partial charge in [0.1, 0.15) is 5.69 Å². The molecule has 0 spiro atoms. The number of nitriles is 1. The zero-order chi connectivity index (χ0) is 13.0. The van der Waals surface area contributed by atoms with E-state index in [4.69, 9.17) is 21.4 Å². The molecule has 1 unspecified atom stereocenters. The predicted molar refractivity (Wildman–Crippen MR) is 65.6 cm³/mol. The average Bonchev–Trinajstić information content (AvgIpc) is 2.78. The monoisotopic (exact) mass is 262 g/mol. The van der Waals surface area contributed by atoms with E-state index >= 15 is 0 Å². The van der Waals surface area contributed by atoms with Crippen LogP contribution in [-0.2, 0) is 6.42 Å². The number of aromatic nitrogens is 3. The molecule has 5 nitrogen and oxygen atoms in total. The third-order valence-electron chi connectivity index (χ3n) is 2.39. The van der Waals surface area contributed by atoms with E-state index in [2.05, 4.69) is 21.2 Å². The second-order valence-corrected chi connectivity index (χ2v) is 4.48. The number of hydrogen-bond donors (Lipinski definition) is 0. The molecule has 0 saturated carbocycles. The van der Waals surface area contributed by atoms with Crippen molar-refractivity contribution in [3.63, 3.8) is 0 Å². The number of nitrogens with zero attached hydrogens (tertiary/aromatic N) is 4. The van der Waals surface area contributed by atoms with Crippen molar-refractivity contribution in [1.29, 1.82) is 5.26 Å². The van der Waals surface area contributed by atoms with Crippen molar-refractivity contribution >= 4 is 11.6 Å². The average molecular weight is 263 g/mol. The summed E-state index contributed by atoms with van der Waals surface area (Å²) < 4.78 is 5.12. The first kappa shape index (κ1) is 12.5. The van der Waals surface area contributed by atoms with Crippen molar-refractivity contribution in [2.24, 2.45) is 5.92 Å². The van der Waals surface area contributed by atoms with Gasteiger partial charge in [-0.2, -0.15) is 10.2 Å². The summed E-state index contributed by atoms with van der Waals surface area (Å²) in [5, 5.41) is 13.0. The van der Waals surface area contributed by atoms with Crippen LogP contribution in [0, 0.1) is 17.2 Å². The van der Waals surface area contributed by atoms with Gasteiger partial charge in [-0.05, 0) is 18.1 Å². The first-order valence-corrected chi connectivity index (χ1v) is 5.88. The van der Waals surface area contributed by atoms with Crippen LogP contribution in [0.2, 0.25) is 5.02 Å². The van der Waals surface area contributed by atoms with Gasteiger partial charge >= 0.3 is 0 Å². The third-order valence-corrected chi connectivity index (χ3v) is 2.61. The van der Waals surface area contributed by atoms with E-state index in [1.165, 1.54) is 6.20 Å². The Hall–Kier alpha value is -1.93. The lowest BCUT2D eigenvalue weighted by atomic mass is 10.1. The Morgan fingerprint density at radius 3 is 3.00 bits per heavy atom. The maximum absolute atomic E-state index is 8.58. The highest BCUT2D eigenvalue weighted by Crippen LogP contribution is 2.17. The molecule has 0 aromatic carbocycles. The van der Waals surface area contributed by atoms with Gasteiger partial charge in [0.05, 0.1) is 11.1 Å². The Bertz CT molecular complexity index is 558. The van der Waals surface area contributed by atoms with Crippen molar-refractivity contribution in [1.82, 2.24) is 15.1 Å². The summed E-state index contributed by atoms with van der Waals surface area (Å²) in [4.78, 5) is 8.35. The molecule has 18 heavy (non-hydrogen) atoms. The van der Waals surface area contributed by atoms with E-state index in [1.807, 2.05) is 6.92 Å².